The Morgan fingerprint density at radius 2 is 0.592 bits per heavy atom. The predicted octanol–water partition coefficient (Wildman–Crippen LogP) is 16.9. The third-order valence-electron chi connectivity index (χ3n) is 16.4. The average molecular weight is 1380 g/mol. The summed E-state index contributed by atoms with van der Waals surface area (Å²) in [6.45, 7) is 59.2. The molecule has 0 spiro atoms. The molecule has 2 atom stereocenters. The number of benzene rings is 6. The lowest BCUT2D eigenvalue weighted by atomic mass is 9.79. The van der Waals surface area contributed by atoms with Gasteiger partial charge in [0.2, 0.25) is 0 Å². The minimum absolute atomic E-state index is 0. The molecule has 0 aliphatic heterocycles. The van der Waals surface area contributed by atoms with Crippen molar-refractivity contribution in [3.63, 3.8) is 0 Å². The van der Waals surface area contributed by atoms with Gasteiger partial charge in [-0.15, -0.1) is 48.0 Å². The fraction of sp³-hybridized carbons (Fsp3) is 0.438. The Morgan fingerprint density at radius 1 is 0.316 bits per heavy atom. The Hall–Kier alpha value is -1.88. The van der Waals surface area contributed by atoms with Crippen molar-refractivity contribution < 1.29 is 0 Å². The average Bonchev–Trinajstić information content (AvgIpc) is 3.25. The third-order valence-corrected chi connectivity index (χ3v) is 32.8. The highest BCUT2D eigenvalue weighted by Crippen LogP contribution is 2.47. The van der Waals surface area contributed by atoms with Crippen molar-refractivity contribution >= 4 is 187 Å². The Bertz CT molecular complexity index is 3010. The number of allylic oxidation sites excluding steroid dienone is 2. The molecule has 2 aliphatic rings. The topological polar surface area (TPSA) is 52.0 Å². The molecule has 0 saturated carbocycles. The SMILES string of the molecule is C[Si](C)(C)C1=CC[C@@H](c2c(N)cc([Si](C)(C)C)c3cc([Si](C)(C)C)ccc23)c2ccc([Si](C)(C)C)cc21.C[Si](C)(C)C1=CC[C@@H](c2c(N)cc([Si](C)(C)C)c3cc([Si](C)(C)C)ccc23)c2ccc([Si](C)(C)C)cc21.I.I. The van der Waals surface area contributed by atoms with Crippen molar-refractivity contribution in [2.24, 2.45) is 0 Å². The fourth-order valence-electron chi connectivity index (χ4n) is 11.9. The van der Waals surface area contributed by atoms with Crippen LogP contribution in [0.15, 0.2) is 97.1 Å². The summed E-state index contributed by atoms with van der Waals surface area (Å²) >= 11 is 0. The number of rotatable bonds is 10. The predicted molar refractivity (Wildman–Crippen MR) is 394 cm³/mol. The van der Waals surface area contributed by atoms with Crippen molar-refractivity contribution in [1.29, 1.82) is 0 Å². The van der Waals surface area contributed by atoms with Gasteiger partial charge in [0.25, 0.3) is 0 Å². The van der Waals surface area contributed by atoms with E-state index in [2.05, 4.69) is 254 Å². The van der Waals surface area contributed by atoms with Gasteiger partial charge in [0.1, 0.15) is 0 Å². The van der Waals surface area contributed by atoms with Crippen LogP contribution < -0.4 is 42.6 Å². The number of fused-ring (bicyclic) bond motifs is 4. The van der Waals surface area contributed by atoms with Crippen LogP contribution in [0.5, 0.6) is 0 Å². The summed E-state index contributed by atoms with van der Waals surface area (Å²) in [6.07, 6.45) is 7.25. The molecule has 2 aliphatic carbocycles. The van der Waals surface area contributed by atoms with Crippen LogP contribution in [0.25, 0.3) is 31.9 Å². The molecule has 6 aromatic carbocycles. The maximum atomic E-state index is 7.04. The van der Waals surface area contributed by atoms with Gasteiger partial charge in [-0.3, -0.25) is 0 Å². The van der Waals surface area contributed by atoms with Crippen LogP contribution in [0.2, 0.25) is 157 Å². The van der Waals surface area contributed by atoms with Crippen molar-refractivity contribution in [2.45, 2.75) is 182 Å². The highest BCUT2D eigenvalue weighted by atomic mass is 127. The molecule has 0 bridgehead atoms. The maximum Gasteiger partial charge on any atom is 0.0785 e. The number of nitrogens with two attached hydrogens (primary N) is 2. The minimum atomic E-state index is -1.59. The molecule has 76 heavy (non-hydrogen) atoms. The zero-order valence-electron chi connectivity index (χ0n) is 51.8. The van der Waals surface area contributed by atoms with E-state index in [1.807, 2.05) is 0 Å². The van der Waals surface area contributed by atoms with Gasteiger partial charge in [0.15, 0.2) is 0 Å². The van der Waals surface area contributed by atoms with Gasteiger partial charge in [-0.2, -0.15) is 0 Å². The van der Waals surface area contributed by atoms with Crippen LogP contribution in [0.4, 0.5) is 11.4 Å². The number of hydrogen-bond acceptors (Lipinski definition) is 2. The molecule has 0 fully saturated rings. The van der Waals surface area contributed by atoms with E-state index in [4.69, 9.17) is 11.5 Å². The lowest BCUT2D eigenvalue weighted by molar-refractivity contribution is 0.827. The van der Waals surface area contributed by atoms with Crippen molar-refractivity contribution in [3.05, 3.63) is 130 Å². The van der Waals surface area contributed by atoms with Crippen molar-refractivity contribution in [2.75, 3.05) is 11.5 Å². The number of hydrogen-bond donors (Lipinski definition) is 2. The molecular formula is C64H100I2N2Si8. The van der Waals surface area contributed by atoms with E-state index in [9.17, 15) is 0 Å². The van der Waals surface area contributed by atoms with Crippen LogP contribution in [0.3, 0.4) is 0 Å². The van der Waals surface area contributed by atoms with Gasteiger partial charge in [-0.05, 0) is 79.9 Å². The molecule has 4 N–H and O–H groups in total. The fourth-order valence-corrected chi connectivity index (χ4v) is 23.3. The first-order chi connectivity index (χ1) is 33.6. The van der Waals surface area contributed by atoms with Gasteiger partial charge in [0.05, 0.1) is 64.6 Å². The standard InChI is InChI=1S/2C32H49NSi4.2HI/c2*1-34(2,3)22-13-15-24-25(17-18-30(27(24)19-22)36(7,8)9)32-26-16-14-23(35(4,5)6)20-28(26)31(21-29(32)33)37(10,11)12;;/h2*13-16,18-21,25H,17,33H2,1-12H3;2*1H/t2*25-;;/m11../s1. The first-order valence-electron chi connectivity index (χ1n) is 28.0. The molecule has 412 valence electrons. The molecule has 2 nitrogen and oxygen atoms in total. The first-order valence-corrected chi connectivity index (χ1v) is 56.0. The molecule has 0 unspecified atom stereocenters. The normalized spacial score (nSPS) is 16.6. The lowest BCUT2D eigenvalue weighted by Crippen LogP contribution is -2.41. The maximum absolute atomic E-state index is 7.04. The van der Waals surface area contributed by atoms with Crippen LogP contribution >= 0.6 is 48.0 Å². The largest absolute Gasteiger partial charge is 0.398 e. The van der Waals surface area contributed by atoms with E-state index >= 15 is 0 Å². The summed E-state index contributed by atoms with van der Waals surface area (Å²) < 4.78 is 0. The van der Waals surface area contributed by atoms with Gasteiger partial charge in [0, 0.05) is 23.2 Å². The summed E-state index contributed by atoms with van der Waals surface area (Å²) in [6, 6.07) is 34.4. The van der Waals surface area contributed by atoms with Crippen LogP contribution in [-0.4, -0.2) is 64.6 Å². The van der Waals surface area contributed by atoms with Gasteiger partial charge < -0.3 is 11.5 Å². The summed E-state index contributed by atoms with van der Waals surface area (Å²) in [5.41, 5.74) is 24.8. The van der Waals surface area contributed by atoms with Crippen LogP contribution in [0.1, 0.15) is 58.1 Å². The second-order valence-electron chi connectivity index (χ2n) is 30.8. The van der Waals surface area contributed by atoms with Crippen molar-refractivity contribution in [3.8, 4) is 0 Å². The summed E-state index contributed by atoms with van der Waals surface area (Å²) in [5.74, 6) is 0.614. The first kappa shape index (κ1) is 64.9. The molecule has 0 saturated heterocycles. The van der Waals surface area contributed by atoms with E-state index in [1.165, 1.54) is 65.3 Å². The Labute approximate surface area is 505 Å². The zero-order chi connectivity index (χ0) is 55.4. The zero-order valence-corrected chi connectivity index (χ0v) is 64.4. The van der Waals surface area contributed by atoms with Crippen molar-refractivity contribution in [1.82, 2.24) is 0 Å². The molecule has 0 amide bonds. The Morgan fingerprint density at radius 3 is 0.855 bits per heavy atom. The summed E-state index contributed by atoms with van der Waals surface area (Å²) in [7, 11) is -11.9. The second-order valence-corrected chi connectivity index (χ2v) is 71.3. The van der Waals surface area contributed by atoms with E-state index < -0.39 is 64.6 Å². The molecular weight excluding hydrogens is 1280 g/mol. The highest BCUT2D eigenvalue weighted by Gasteiger charge is 2.36. The Kier molecular flexibility index (Phi) is 19.2. The minimum Gasteiger partial charge on any atom is -0.398 e. The number of halogens is 2. The van der Waals surface area contributed by atoms with Gasteiger partial charge in [-0.25, -0.2) is 0 Å². The Balaban J connectivity index is 0.000000274. The van der Waals surface area contributed by atoms with Gasteiger partial charge in [-0.1, -0.05) is 284 Å². The number of nitrogen functional groups attached to an aromatic ring is 2. The molecule has 0 aromatic heterocycles. The lowest BCUT2D eigenvalue weighted by Gasteiger charge is -2.35. The monoisotopic (exact) mass is 1370 g/mol. The van der Waals surface area contributed by atoms with Crippen LogP contribution in [0, 0.1) is 0 Å². The molecule has 6 aromatic rings. The van der Waals surface area contributed by atoms with E-state index in [0.717, 1.165) is 24.2 Å². The highest BCUT2D eigenvalue weighted by molar-refractivity contribution is 14.0. The van der Waals surface area contributed by atoms with E-state index in [1.54, 1.807) is 31.1 Å². The number of anilines is 2. The summed E-state index contributed by atoms with van der Waals surface area (Å²) in [4.78, 5) is 0. The molecule has 12 heteroatoms. The summed E-state index contributed by atoms with van der Waals surface area (Å²) in [5, 5.41) is 18.2. The third kappa shape index (κ3) is 13.5. The molecule has 0 heterocycles. The van der Waals surface area contributed by atoms with E-state index in [-0.39, 0.29) is 48.0 Å². The van der Waals surface area contributed by atoms with Gasteiger partial charge >= 0.3 is 0 Å². The second kappa shape index (κ2) is 22.5. The molecule has 8 rings (SSSR count). The van der Waals surface area contributed by atoms with Crippen LogP contribution in [-0.2, 0) is 0 Å². The smallest absolute Gasteiger partial charge is 0.0785 e. The van der Waals surface area contributed by atoms with E-state index in [0.29, 0.717) is 11.8 Å². The quantitative estimate of drug-likeness (QED) is 0.0816. The molecule has 0 radical (unpaired) electrons.